The van der Waals surface area contributed by atoms with Crippen LogP contribution >= 0.6 is 0 Å². The molecule has 2 rings (SSSR count). The maximum absolute atomic E-state index is 11.3. The molecule has 20 heavy (non-hydrogen) atoms. The van der Waals surface area contributed by atoms with Crippen molar-refractivity contribution in [2.45, 2.75) is 6.54 Å². The molecule has 106 valence electrons. The van der Waals surface area contributed by atoms with Gasteiger partial charge in [-0.25, -0.2) is 0 Å². The number of fused-ring (bicyclic) bond motifs is 1. The highest BCUT2D eigenvalue weighted by Crippen LogP contribution is 2.21. The van der Waals surface area contributed by atoms with E-state index in [0.717, 1.165) is 0 Å². The van der Waals surface area contributed by atoms with E-state index in [2.05, 4.69) is 15.3 Å². The lowest BCUT2D eigenvalue weighted by Gasteiger charge is -2.07. The number of non-ortho nitro benzene ring substituents is 1. The maximum atomic E-state index is 11.3. The lowest BCUT2D eigenvalue weighted by atomic mass is 10.1. The smallest absolute Gasteiger partial charge is 0.314 e. The molecule has 1 aromatic heterocycles. The minimum atomic E-state index is -0.868. The van der Waals surface area contributed by atoms with E-state index in [1.807, 2.05) is 0 Å². The van der Waals surface area contributed by atoms with Gasteiger partial charge in [-0.3, -0.25) is 19.7 Å². The molecule has 0 aliphatic rings. The molecule has 1 aromatic carbocycles. The Morgan fingerprint density at radius 1 is 1.25 bits per heavy atom. The number of aromatic amines is 2. The SMILES string of the molecule is O=c1[nH]c2cc([N+](=O)[O-])cc(CNCCO)c2[nH]c1=O. The summed E-state index contributed by atoms with van der Waals surface area (Å²) in [5, 5.41) is 22.4. The van der Waals surface area contributed by atoms with Crippen molar-refractivity contribution < 1.29 is 10.0 Å². The standard InChI is InChI=1S/C11H12N4O5/c16-2-1-12-5-6-3-7(15(19)20)4-8-9(6)14-11(18)10(17)13-8/h3-4,12,16H,1-2,5H2,(H,13,17)(H,14,18). The van der Waals surface area contributed by atoms with E-state index < -0.39 is 16.0 Å². The minimum absolute atomic E-state index is 0.0831. The van der Waals surface area contributed by atoms with E-state index in [1.165, 1.54) is 12.1 Å². The number of aliphatic hydroxyl groups is 1. The van der Waals surface area contributed by atoms with Gasteiger partial charge in [-0.15, -0.1) is 0 Å². The van der Waals surface area contributed by atoms with Gasteiger partial charge in [0.2, 0.25) is 0 Å². The van der Waals surface area contributed by atoms with E-state index in [4.69, 9.17) is 5.11 Å². The average Bonchev–Trinajstić information content (AvgIpc) is 2.40. The predicted molar refractivity (Wildman–Crippen MR) is 70.6 cm³/mol. The Bertz CT molecular complexity index is 763. The Hall–Kier alpha value is -2.52. The molecule has 9 heteroatoms. The van der Waals surface area contributed by atoms with Crippen molar-refractivity contribution in [1.29, 1.82) is 0 Å². The number of nitrogens with zero attached hydrogens (tertiary/aromatic N) is 1. The molecular weight excluding hydrogens is 268 g/mol. The molecule has 0 aliphatic heterocycles. The summed E-state index contributed by atoms with van der Waals surface area (Å²) < 4.78 is 0. The number of aromatic nitrogens is 2. The number of benzene rings is 1. The summed E-state index contributed by atoms with van der Waals surface area (Å²) in [6, 6.07) is 2.49. The van der Waals surface area contributed by atoms with E-state index in [-0.39, 0.29) is 24.4 Å². The van der Waals surface area contributed by atoms with Gasteiger partial charge in [0, 0.05) is 25.2 Å². The number of nitro groups is 1. The second-order valence-electron chi connectivity index (χ2n) is 4.09. The van der Waals surface area contributed by atoms with Gasteiger partial charge in [0.1, 0.15) is 0 Å². The molecule has 2 aromatic rings. The second kappa shape index (κ2) is 5.63. The molecule has 0 amide bonds. The number of aliphatic hydroxyl groups excluding tert-OH is 1. The van der Waals surface area contributed by atoms with Gasteiger partial charge in [0.25, 0.3) is 5.69 Å². The van der Waals surface area contributed by atoms with Crippen LogP contribution in [-0.2, 0) is 6.54 Å². The van der Waals surface area contributed by atoms with E-state index in [0.29, 0.717) is 17.6 Å². The summed E-state index contributed by atoms with van der Waals surface area (Å²) in [6.45, 7) is 0.429. The van der Waals surface area contributed by atoms with Crippen LogP contribution < -0.4 is 16.4 Å². The number of hydrogen-bond donors (Lipinski definition) is 4. The molecule has 9 nitrogen and oxygen atoms in total. The van der Waals surface area contributed by atoms with Crippen LogP contribution in [0.25, 0.3) is 11.0 Å². The average molecular weight is 280 g/mol. The van der Waals surface area contributed by atoms with Crippen molar-refractivity contribution >= 4 is 16.7 Å². The fraction of sp³-hybridized carbons (Fsp3) is 0.273. The largest absolute Gasteiger partial charge is 0.395 e. The summed E-state index contributed by atoms with van der Waals surface area (Å²) >= 11 is 0. The molecule has 0 unspecified atom stereocenters. The first-order valence-electron chi connectivity index (χ1n) is 5.78. The second-order valence-corrected chi connectivity index (χ2v) is 4.09. The quantitative estimate of drug-likeness (QED) is 0.245. The van der Waals surface area contributed by atoms with Gasteiger partial charge < -0.3 is 20.4 Å². The fourth-order valence-corrected chi connectivity index (χ4v) is 1.83. The van der Waals surface area contributed by atoms with Gasteiger partial charge in [0.05, 0.1) is 22.6 Å². The minimum Gasteiger partial charge on any atom is -0.395 e. The van der Waals surface area contributed by atoms with Gasteiger partial charge >= 0.3 is 11.1 Å². The number of nitrogens with one attached hydrogen (secondary N) is 3. The van der Waals surface area contributed by atoms with Crippen molar-refractivity contribution in [1.82, 2.24) is 15.3 Å². The van der Waals surface area contributed by atoms with Crippen LogP contribution in [0.2, 0.25) is 0 Å². The number of hydrogen-bond acceptors (Lipinski definition) is 6. The van der Waals surface area contributed by atoms with Crippen LogP contribution in [0.5, 0.6) is 0 Å². The summed E-state index contributed by atoms with van der Waals surface area (Å²) in [7, 11) is 0. The van der Waals surface area contributed by atoms with Crippen LogP contribution in [0, 0.1) is 10.1 Å². The Labute approximate surface area is 111 Å². The Morgan fingerprint density at radius 2 is 1.95 bits per heavy atom. The Morgan fingerprint density at radius 3 is 2.60 bits per heavy atom. The summed E-state index contributed by atoms with van der Waals surface area (Å²) in [5.41, 5.74) is -0.922. The zero-order valence-corrected chi connectivity index (χ0v) is 10.3. The monoisotopic (exact) mass is 280 g/mol. The number of rotatable bonds is 5. The zero-order valence-electron chi connectivity index (χ0n) is 10.3. The first kappa shape index (κ1) is 13.9. The Balaban J connectivity index is 2.61. The summed E-state index contributed by atoms with van der Waals surface area (Å²) in [6.07, 6.45) is 0. The molecule has 0 saturated carbocycles. The number of nitro benzene ring substituents is 1. The highest BCUT2D eigenvalue weighted by atomic mass is 16.6. The molecular formula is C11H12N4O5. The van der Waals surface area contributed by atoms with E-state index in [9.17, 15) is 19.7 Å². The third kappa shape index (κ3) is 2.73. The van der Waals surface area contributed by atoms with Crippen molar-refractivity contribution in [3.63, 3.8) is 0 Å². The highest BCUT2D eigenvalue weighted by molar-refractivity contribution is 5.80. The van der Waals surface area contributed by atoms with Crippen molar-refractivity contribution in [3.05, 3.63) is 48.5 Å². The lowest BCUT2D eigenvalue weighted by Crippen LogP contribution is -2.29. The molecule has 0 aliphatic carbocycles. The van der Waals surface area contributed by atoms with Crippen LogP contribution in [-0.4, -0.2) is 33.1 Å². The fourth-order valence-electron chi connectivity index (χ4n) is 1.83. The lowest BCUT2D eigenvalue weighted by molar-refractivity contribution is -0.384. The van der Waals surface area contributed by atoms with Crippen molar-refractivity contribution in [3.8, 4) is 0 Å². The molecule has 0 radical (unpaired) electrons. The first-order valence-corrected chi connectivity index (χ1v) is 5.78. The molecule has 4 N–H and O–H groups in total. The van der Waals surface area contributed by atoms with Crippen LogP contribution in [0.15, 0.2) is 21.7 Å². The highest BCUT2D eigenvalue weighted by Gasteiger charge is 2.13. The van der Waals surface area contributed by atoms with E-state index in [1.54, 1.807) is 0 Å². The van der Waals surface area contributed by atoms with E-state index >= 15 is 0 Å². The van der Waals surface area contributed by atoms with Gasteiger partial charge in [-0.05, 0) is 5.56 Å². The maximum Gasteiger partial charge on any atom is 0.314 e. The van der Waals surface area contributed by atoms with Gasteiger partial charge in [0.15, 0.2) is 0 Å². The van der Waals surface area contributed by atoms with Crippen molar-refractivity contribution in [2.24, 2.45) is 0 Å². The van der Waals surface area contributed by atoms with Crippen molar-refractivity contribution in [2.75, 3.05) is 13.2 Å². The van der Waals surface area contributed by atoms with Gasteiger partial charge in [-0.2, -0.15) is 0 Å². The molecule has 0 saturated heterocycles. The van der Waals surface area contributed by atoms with Crippen LogP contribution in [0.3, 0.4) is 0 Å². The zero-order chi connectivity index (χ0) is 14.7. The number of H-pyrrole nitrogens is 2. The van der Waals surface area contributed by atoms with Gasteiger partial charge in [-0.1, -0.05) is 0 Å². The molecule has 0 spiro atoms. The topological polar surface area (TPSA) is 141 Å². The van der Waals surface area contributed by atoms with Crippen LogP contribution in [0.1, 0.15) is 5.56 Å². The Kier molecular flexibility index (Phi) is 3.91. The molecule has 0 fully saturated rings. The molecule has 0 bridgehead atoms. The summed E-state index contributed by atoms with van der Waals surface area (Å²) in [4.78, 5) is 37.6. The third-order valence-electron chi connectivity index (χ3n) is 2.71. The van der Waals surface area contributed by atoms with Crippen LogP contribution in [0.4, 0.5) is 5.69 Å². The molecule has 1 heterocycles. The first-order chi connectivity index (χ1) is 9.52. The molecule has 0 atom stereocenters. The normalized spacial score (nSPS) is 10.8. The summed E-state index contributed by atoms with van der Waals surface area (Å²) in [5.74, 6) is 0. The predicted octanol–water partition coefficient (Wildman–Crippen LogP) is -0.794. The third-order valence-corrected chi connectivity index (χ3v) is 2.71.